The van der Waals surface area contributed by atoms with Crippen LogP contribution in [-0.2, 0) is 4.79 Å². The molecule has 1 aromatic carbocycles. The topological polar surface area (TPSA) is 77.3 Å². The third-order valence-corrected chi connectivity index (χ3v) is 2.70. The van der Waals surface area contributed by atoms with Crippen LogP contribution in [0.1, 0.15) is 45.0 Å². The third kappa shape index (κ3) is 6.22. The first kappa shape index (κ1) is 18.0. The number of rotatable bonds is 4. The van der Waals surface area contributed by atoms with Gasteiger partial charge in [0.05, 0.1) is 4.92 Å². The summed E-state index contributed by atoms with van der Waals surface area (Å²) in [5.74, 6) is 0.386. The lowest BCUT2D eigenvalue weighted by atomic mass is 10.0. The molecule has 0 N–H and O–H groups in total. The maximum Gasteiger partial charge on any atom is 0.269 e. The molecule has 0 amide bonds. The number of nitro benzene ring substituents is 1. The number of non-ortho nitro benzene ring substituents is 1. The van der Waals surface area contributed by atoms with Crippen molar-refractivity contribution in [3.05, 3.63) is 39.9 Å². The molecule has 0 fully saturated rings. The number of ketones is 2. The van der Waals surface area contributed by atoms with Crippen molar-refractivity contribution in [3.8, 4) is 0 Å². The Balaban J connectivity index is 0.000000511. The normalized spacial score (nSPS) is 9.95. The van der Waals surface area contributed by atoms with Gasteiger partial charge in [-0.15, -0.1) is 0 Å². The minimum absolute atomic E-state index is 0.0000945. The minimum Gasteiger partial charge on any atom is -0.300 e. The molecular weight excluding hydrogens is 258 g/mol. The van der Waals surface area contributed by atoms with E-state index in [-0.39, 0.29) is 29.1 Å². The minimum atomic E-state index is -0.483. The second-order valence-electron chi connectivity index (χ2n) is 5.09. The molecule has 0 spiro atoms. The molecule has 0 saturated carbocycles. The Hall–Kier alpha value is -2.04. The molecule has 0 aliphatic heterocycles. The number of carbonyl (C=O) groups is 2. The smallest absolute Gasteiger partial charge is 0.269 e. The van der Waals surface area contributed by atoms with Crippen molar-refractivity contribution in [1.29, 1.82) is 0 Å². The molecule has 0 aliphatic carbocycles. The van der Waals surface area contributed by atoms with Gasteiger partial charge in [-0.3, -0.25) is 19.7 Å². The summed E-state index contributed by atoms with van der Waals surface area (Å²) in [6.45, 7) is 8.98. The van der Waals surface area contributed by atoms with Crippen molar-refractivity contribution in [2.75, 3.05) is 0 Å². The lowest BCUT2D eigenvalue weighted by molar-refractivity contribution is -0.384. The fraction of sp³-hybridized carbons (Fsp3) is 0.467. The fourth-order valence-corrected chi connectivity index (χ4v) is 1.08. The molecule has 0 aliphatic rings. The van der Waals surface area contributed by atoms with Gasteiger partial charge in [0.1, 0.15) is 5.78 Å². The summed E-state index contributed by atoms with van der Waals surface area (Å²) >= 11 is 0. The van der Waals surface area contributed by atoms with Crippen LogP contribution >= 0.6 is 0 Å². The van der Waals surface area contributed by atoms with Gasteiger partial charge in [-0.2, -0.15) is 0 Å². The molecule has 0 heterocycles. The van der Waals surface area contributed by atoms with Crippen LogP contribution < -0.4 is 0 Å². The van der Waals surface area contributed by atoms with Gasteiger partial charge in [0.15, 0.2) is 5.78 Å². The zero-order valence-electron chi connectivity index (χ0n) is 12.5. The second-order valence-corrected chi connectivity index (χ2v) is 5.09. The van der Waals surface area contributed by atoms with Crippen molar-refractivity contribution in [3.63, 3.8) is 0 Å². The van der Waals surface area contributed by atoms with Crippen molar-refractivity contribution < 1.29 is 14.5 Å². The number of benzene rings is 1. The van der Waals surface area contributed by atoms with Gasteiger partial charge < -0.3 is 0 Å². The fourth-order valence-electron chi connectivity index (χ4n) is 1.08. The molecule has 20 heavy (non-hydrogen) atoms. The van der Waals surface area contributed by atoms with E-state index in [1.165, 1.54) is 24.3 Å². The summed E-state index contributed by atoms with van der Waals surface area (Å²) in [6.07, 6.45) is 0. The monoisotopic (exact) mass is 279 g/mol. The van der Waals surface area contributed by atoms with Crippen LogP contribution in [0, 0.1) is 22.0 Å². The standard InChI is InChI=1S/C10H11NO3.C5H10O/c1-7(2)10(12)8-3-5-9(6-4-8)11(13)14;1-4(2)5(3)6/h3-7H,1-2H3;4H,1-3H3. The summed E-state index contributed by atoms with van der Waals surface area (Å²) in [4.78, 5) is 31.5. The number of nitrogens with zero attached hydrogens (tertiary/aromatic N) is 1. The Morgan fingerprint density at radius 3 is 1.65 bits per heavy atom. The molecule has 0 atom stereocenters. The average Bonchev–Trinajstić information content (AvgIpc) is 2.38. The Morgan fingerprint density at radius 1 is 1.00 bits per heavy atom. The lowest BCUT2D eigenvalue weighted by Crippen LogP contribution is -2.07. The molecule has 0 unspecified atom stereocenters. The number of nitro groups is 1. The van der Waals surface area contributed by atoms with E-state index in [9.17, 15) is 19.7 Å². The van der Waals surface area contributed by atoms with Gasteiger partial charge in [0.25, 0.3) is 5.69 Å². The second kappa shape index (κ2) is 8.19. The highest BCUT2D eigenvalue weighted by Crippen LogP contribution is 2.14. The van der Waals surface area contributed by atoms with E-state index in [1.54, 1.807) is 20.8 Å². The highest BCUT2D eigenvalue weighted by atomic mass is 16.6. The van der Waals surface area contributed by atoms with Crippen LogP contribution in [0.3, 0.4) is 0 Å². The van der Waals surface area contributed by atoms with E-state index in [0.29, 0.717) is 5.56 Å². The summed E-state index contributed by atoms with van der Waals surface area (Å²) in [6, 6.07) is 5.66. The molecule has 110 valence electrons. The SMILES string of the molecule is CC(=O)C(C)C.CC(C)C(=O)c1ccc([N+](=O)[O-])cc1. The zero-order chi connectivity index (χ0) is 15.9. The predicted molar refractivity (Wildman–Crippen MR) is 77.8 cm³/mol. The summed E-state index contributed by atoms with van der Waals surface area (Å²) in [7, 11) is 0. The Morgan fingerprint density at radius 2 is 1.40 bits per heavy atom. The molecule has 5 nitrogen and oxygen atoms in total. The van der Waals surface area contributed by atoms with Crippen LogP contribution in [0.5, 0.6) is 0 Å². The number of hydrogen-bond donors (Lipinski definition) is 0. The molecule has 0 radical (unpaired) electrons. The molecule has 0 bridgehead atoms. The van der Waals surface area contributed by atoms with E-state index in [2.05, 4.69) is 0 Å². The van der Waals surface area contributed by atoms with Crippen LogP contribution in [0.4, 0.5) is 5.69 Å². The summed E-state index contributed by atoms with van der Waals surface area (Å²) in [5, 5.41) is 10.3. The van der Waals surface area contributed by atoms with Crippen molar-refractivity contribution in [2.24, 2.45) is 11.8 Å². The number of carbonyl (C=O) groups excluding carboxylic acids is 2. The van der Waals surface area contributed by atoms with Crippen LogP contribution in [0.2, 0.25) is 0 Å². The predicted octanol–water partition coefficient (Wildman–Crippen LogP) is 3.66. The average molecular weight is 279 g/mol. The van der Waals surface area contributed by atoms with Crippen molar-refractivity contribution in [2.45, 2.75) is 34.6 Å². The maximum atomic E-state index is 11.5. The Bertz CT molecular complexity index is 475. The largest absolute Gasteiger partial charge is 0.300 e. The van der Waals surface area contributed by atoms with Gasteiger partial charge in [-0.05, 0) is 19.1 Å². The van der Waals surface area contributed by atoms with Crippen LogP contribution in [0.15, 0.2) is 24.3 Å². The highest BCUT2D eigenvalue weighted by Gasteiger charge is 2.11. The van der Waals surface area contributed by atoms with E-state index >= 15 is 0 Å². The molecule has 1 rings (SSSR count). The van der Waals surface area contributed by atoms with E-state index in [1.807, 2.05) is 13.8 Å². The van der Waals surface area contributed by atoms with E-state index in [4.69, 9.17) is 0 Å². The summed E-state index contributed by atoms with van der Waals surface area (Å²) < 4.78 is 0. The molecule has 5 heteroatoms. The quantitative estimate of drug-likeness (QED) is 0.478. The first-order valence-electron chi connectivity index (χ1n) is 6.46. The van der Waals surface area contributed by atoms with E-state index < -0.39 is 4.92 Å². The third-order valence-electron chi connectivity index (χ3n) is 2.70. The highest BCUT2D eigenvalue weighted by molar-refractivity contribution is 5.97. The Kier molecular flexibility index (Phi) is 7.36. The lowest BCUT2D eigenvalue weighted by Gasteiger charge is -2.02. The molecule has 0 aromatic heterocycles. The molecule has 0 saturated heterocycles. The Labute approximate surface area is 119 Å². The van der Waals surface area contributed by atoms with Crippen molar-refractivity contribution in [1.82, 2.24) is 0 Å². The number of hydrogen-bond acceptors (Lipinski definition) is 4. The molecule has 1 aromatic rings. The van der Waals surface area contributed by atoms with Gasteiger partial charge in [0.2, 0.25) is 0 Å². The maximum absolute atomic E-state index is 11.5. The van der Waals surface area contributed by atoms with Gasteiger partial charge in [-0.1, -0.05) is 27.7 Å². The summed E-state index contributed by atoms with van der Waals surface area (Å²) in [5.41, 5.74) is 0.524. The van der Waals surface area contributed by atoms with Crippen molar-refractivity contribution >= 4 is 17.3 Å². The van der Waals surface area contributed by atoms with Gasteiger partial charge in [0, 0.05) is 29.5 Å². The van der Waals surface area contributed by atoms with E-state index in [0.717, 1.165) is 0 Å². The first-order chi connectivity index (χ1) is 9.16. The van der Waals surface area contributed by atoms with Crippen LogP contribution in [0.25, 0.3) is 0 Å². The van der Waals surface area contributed by atoms with Crippen LogP contribution in [-0.4, -0.2) is 16.5 Å². The molecular formula is C15H21NO4. The van der Waals surface area contributed by atoms with Gasteiger partial charge in [-0.25, -0.2) is 0 Å². The van der Waals surface area contributed by atoms with Gasteiger partial charge >= 0.3 is 0 Å². The number of Topliss-reactive ketones (excluding diaryl/α,β-unsaturated/α-hetero) is 2. The zero-order valence-corrected chi connectivity index (χ0v) is 12.5. The first-order valence-corrected chi connectivity index (χ1v) is 6.46.